The number of hydrogen-bond donors (Lipinski definition) is 1. The number of oxazole rings is 1. The molecule has 0 unspecified atom stereocenters. The van der Waals surface area contributed by atoms with Crippen LogP contribution in [0.15, 0.2) is 59.0 Å². The molecule has 1 aromatic heterocycles. The van der Waals surface area contributed by atoms with Crippen molar-refractivity contribution in [3.63, 3.8) is 0 Å². The summed E-state index contributed by atoms with van der Waals surface area (Å²) in [5.41, 5.74) is 2.29. The molecule has 3 aromatic rings. The van der Waals surface area contributed by atoms with Gasteiger partial charge in [0.15, 0.2) is 5.78 Å². The van der Waals surface area contributed by atoms with Gasteiger partial charge in [0, 0.05) is 23.3 Å². The zero-order valence-corrected chi connectivity index (χ0v) is 13.8. The van der Waals surface area contributed by atoms with Crippen LogP contribution >= 0.6 is 0 Å². The molecule has 0 atom stereocenters. The lowest BCUT2D eigenvalue weighted by atomic mass is 9.91. The second-order valence-electron chi connectivity index (χ2n) is 5.86. The summed E-state index contributed by atoms with van der Waals surface area (Å²) in [5.74, 6) is -0.660. The minimum absolute atomic E-state index is 0.0233. The van der Waals surface area contributed by atoms with Crippen LogP contribution in [-0.4, -0.2) is 20.8 Å². The molecule has 0 radical (unpaired) electrons. The highest BCUT2D eigenvalue weighted by Gasteiger charge is 2.20. The fourth-order valence-corrected chi connectivity index (χ4v) is 2.86. The predicted molar refractivity (Wildman–Crippen MR) is 98.6 cm³/mol. The molecule has 0 aliphatic heterocycles. The Kier molecular flexibility index (Phi) is 3.89. The molecule has 1 heterocycles. The number of nitrogens with zero attached hydrogens (tertiary/aromatic N) is 2. The molecule has 0 spiro atoms. The minimum Gasteiger partial charge on any atom is -0.479 e. The molecule has 132 valence electrons. The van der Waals surface area contributed by atoms with Crippen molar-refractivity contribution < 1.29 is 19.2 Å². The van der Waals surface area contributed by atoms with Crippen LogP contribution in [0.2, 0.25) is 0 Å². The first-order valence-corrected chi connectivity index (χ1v) is 8.01. The lowest BCUT2D eigenvalue weighted by Crippen LogP contribution is -2.04. The highest BCUT2D eigenvalue weighted by molar-refractivity contribution is 6.33. The summed E-state index contributed by atoms with van der Waals surface area (Å²) in [4.78, 5) is 26.9. The third-order valence-corrected chi connectivity index (χ3v) is 4.15. The molecule has 27 heavy (non-hydrogen) atoms. The maximum Gasteiger partial charge on any atom is 0.310 e. The van der Waals surface area contributed by atoms with Crippen molar-refractivity contribution in [2.45, 2.75) is 0 Å². The van der Waals surface area contributed by atoms with Gasteiger partial charge in [0.1, 0.15) is 5.69 Å². The number of rotatable bonds is 3. The van der Waals surface area contributed by atoms with E-state index in [1.54, 1.807) is 18.2 Å². The molecule has 1 aliphatic rings. The average molecular weight is 360 g/mol. The number of nitro groups is 1. The molecular weight excluding hydrogens is 348 g/mol. The summed E-state index contributed by atoms with van der Waals surface area (Å²) in [6.07, 6.45) is 4.63. The molecule has 0 fully saturated rings. The number of carbonyl (C=O) groups excluding carboxylic acids is 1. The molecule has 7 nitrogen and oxygen atoms in total. The van der Waals surface area contributed by atoms with Crippen LogP contribution in [0.4, 0.5) is 5.69 Å². The molecule has 0 saturated heterocycles. The van der Waals surface area contributed by atoms with E-state index in [1.807, 2.05) is 18.2 Å². The minimum atomic E-state index is -0.529. The van der Waals surface area contributed by atoms with Gasteiger partial charge in [-0.15, -0.1) is 0 Å². The summed E-state index contributed by atoms with van der Waals surface area (Å²) in [6.45, 7) is 0. The van der Waals surface area contributed by atoms with E-state index in [1.165, 1.54) is 30.4 Å². The number of allylic oxidation sites excluding steroid dienone is 2. The van der Waals surface area contributed by atoms with E-state index in [9.17, 15) is 20.0 Å². The molecule has 4 rings (SSSR count). The molecule has 0 amide bonds. The fraction of sp³-hybridized carbons (Fsp3) is 0. The monoisotopic (exact) mass is 360 g/mol. The number of carbonyl (C=O) groups is 1. The standard InChI is InChI=1S/C20H12N2O5/c23-18-9-8-12-4-1-2-7-15(12)16(18)11-17-20(24)27-19(21-17)13-5-3-6-14(10-13)22(25)26/h1-11,24H. The smallest absolute Gasteiger partial charge is 0.310 e. The largest absolute Gasteiger partial charge is 0.479 e. The summed E-state index contributed by atoms with van der Waals surface area (Å²) in [5, 5.41) is 21.0. The van der Waals surface area contributed by atoms with Crippen molar-refractivity contribution in [3.05, 3.63) is 81.5 Å². The molecule has 1 aliphatic carbocycles. The van der Waals surface area contributed by atoms with Crippen LogP contribution in [-0.2, 0) is 4.79 Å². The Bertz CT molecular complexity index is 1140. The number of fused-ring (bicyclic) bond motifs is 1. The van der Waals surface area contributed by atoms with Crippen LogP contribution < -0.4 is 0 Å². The van der Waals surface area contributed by atoms with Crippen molar-refractivity contribution in [2.24, 2.45) is 0 Å². The first-order chi connectivity index (χ1) is 13.0. The SMILES string of the molecule is O=C1C=Cc2ccccc2C1=Cc1nc(-c2cccc([N+](=O)[O-])c2)oc1O. The van der Waals surface area contributed by atoms with Crippen LogP contribution in [0.1, 0.15) is 16.8 Å². The summed E-state index contributed by atoms with van der Waals surface area (Å²) in [6, 6.07) is 13.1. The number of benzene rings is 2. The first kappa shape index (κ1) is 16.5. The van der Waals surface area contributed by atoms with Gasteiger partial charge in [0.25, 0.3) is 5.69 Å². The third kappa shape index (κ3) is 3.02. The first-order valence-electron chi connectivity index (χ1n) is 8.01. The van der Waals surface area contributed by atoms with E-state index in [4.69, 9.17) is 4.42 Å². The summed E-state index contributed by atoms with van der Waals surface area (Å²) >= 11 is 0. The van der Waals surface area contributed by atoms with Gasteiger partial charge in [-0.3, -0.25) is 14.9 Å². The van der Waals surface area contributed by atoms with E-state index in [0.717, 1.165) is 11.1 Å². The van der Waals surface area contributed by atoms with E-state index in [0.29, 0.717) is 11.1 Å². The Hall–Kier alpha value is -4.00. The Morgan fingerprint density at radius 2 is 1.93 bits per heavy atom. The quantitative estimate of drug-likeness (QED) is 0.428. The van der Waals surface area contributed by atoms with Crippen molar-refractivity contribution in [1.82, 2.24) is 4.98 Å². The second-order valence-corrected chi connectivity index (χ2v) is 5.86. The van der Waals surface area contributed by atoms with Crippen molar-refractivity contribution >= 4 is 29.2 Å². The number of aromatic hydroxyl groups is 1. The molecule has 1 N–H and O–H groups in total. The van der Waals surface area contributed by atoms with Gasteiger partial charge in [-0.2, -0.15) is 0 Å². The topological polar surface area (TPSA) is 106 Å². The zero-order chi connectivity index (χ0) is 19.0. The van der Waals surface area contributed by atoms with Crippen LogP contribution in [0.3, 0.4) is 0 Å². The van der Waals surface area contributed by atoms with Gasteiger partial charge >= 0.3 is 5.95 Å². The summed E-state index contributed by atoms with van der Waals surface area (Å²) in [7, 11) is 0. The second kappa shape index (κ2) is 6.38. The van der Waals surface area contributed by atoms with E-state index in [2.05, 4.69) is 4.98 Å². The highest BCUT2D eigenvalue weighted by Crippen LogP contribution is 2.33. The molecule has 0 bridgehead atoms. The molecule has 7 heteroatoms. The van der Waals surface area contributed by atoms with Gasteiger partial charge in [-0.1, -0.05) is 36.4 Å². The van der Waals surface area contributed by atoms with Crippen LogP contribution in [0, 0.1) is 10.1 Å². The van der Waals surface area contributed by atoms with Gasteiger partial charge in [0.05, 0.1) is 4.92 Å². The lowest BCUT2D eigenvalue weighted by Gasteiger charge is -2.12. The molecule has 2 aromatic carbocycles. The number of aromatic nitrogens is 1. The Morgan fingerprint density at radius 3 is 2.74 bits per heavy atom. The lowest BCUT2D eigenvalue weighted by molar-refractivity contribution is -0.384. The van der Waals surface area contributed by atoms with Gasteiger partial charge in [0.2, 0.25) is 5.89 Å². The van der Waals surface area contributed by atoms with Crippen LogP contribution in [0.5, 0.6) is 5.95 Å². The van der Waals surface area contributed by atoms with Gasteiger partial charge < -0.3 is 9.52 Å². The molecular formula is C20H12N2O5. The van der Waals surface area contributed by atoms with Gasteiger partial charge in [-0.25, -0.2) is 4.98 Å². The Morgan fingerprint density at radius 1 is 1.11 bits per heavy atom. The number of hydrogen-bond acceptors (Lipinski definition) is 6. The number of nitro benzene ring substituents is 1. The van der Waals surface area contributed by atoms with E-state index in [-0.39, 0.29) is 23.1 Å². The molecule has 0 saturated carbocycles. The highest BCUT2D eigenvalue weighted by atomic mass is 16.6. The van der Waals surface area contributed by atoms with Crippen molar-refractivity contribution in [3.8, 4) is 17.4 Å². The third-order valence-electron chi connectivity index (χ3n) is 4.15. The average Bonchev–Trinajstić information content (AvgIpc) is 3.05. The fourth-order valence-electron chi connectivity index (χ4n) is 2.86. The maximum absolute atomic E-state index is 12.3. The van der Waals surface area contributed by atoms with E-state index >= 15 is 0 Å². The van der Waals surface area contributed by atoms with E-state index < -0.39 is 10.9 Å². The van der Waals surface area contributed by atoms with Crippen LogP contribution in [0.25, 0.3) is 29.2 Å². The predicted octanol–water partition coefficient (Wildman–Crippen LogP) is 4.09. The van der Waals surface area contributed by atoms with Gasteiger partial charge in [-0.05, 0) is 29.3 Å². The normalized spacial score (nSPS) is 14.4. The number of ketones is 1. The van der Waals surface area contributed by atoms with Crippen molar-refractivity contribution in [2.75, 3.05) is 0 Å². The maximum atomic E-state index is 12.3. The Labute approximate surface area is 153 Å². The summed E-state index contributed by atoms with van der Waals surface area (Å²) < 4.78 is 5.25. The number of non-ortho nitro benzene ring substituents is 1. The Balaban J connectivity index is 1.78. The zero-order valence-electron chi connectivity index (χ0n) is 13.8. The van der Waals surface area contributed by atoms with Crippen molar-refractivity contribution in [1.29, 1.82) is 0 Å².